The minimum absolute atomic E-state index is 0.212. The molecule has 0 bridgehead atoms. The Labute approximate surface area is 116 Å². The monoisotopic (exact) mass is 281 g/mol. The van der Waals surface area contributed by atoms with Crippen molar-refractivity contribution in [2.45, 2.75) is 27.0 Å². The molecule has 1 aromatic heterocycles. The van der Waals surface area contributed by atoms with Gasteiger partial charge in [-0.15, -0.1) is 10.2 Å². The van der Waals surface area contributed by atoms with Crippen LogP contribution in [0.15, 0.2) is 22.6 Å². The fourth-order valence-electron chi connectivity index (χ4n) is 1.64. The number of aromatic nitrogens is 2. The Hall–Kier alpha value is -1.59. The summed E-state index contributed by atoms with van der Waals surface area (Å²) in [6, 6.07) is 5.67. The van der Waals surface area contributed by atoms with Crippen LogP contribution in [0.5, 0.6) is 5.75 Å². The van der Waals surface area contributed by atoms with E-state index in [4.69, 9.17) is 20.8 Å². The number of halogens is 1. The van der Waals surface area contributed by atoms with E-state index in [1.165, 1.54) is 0 Å². The molecule has 0 aliphatic carbocycles. The van der Waals surface area contributed by atoms with E-state index in [1.807, 2.05) is 19.1 Å². The molecule has 1 N–H and O–H groups in total. The zero-order chi connectivity index (χ0) is 13.7. The third kappa shape index (κ3) is 3.68. The van der Waals surface area contributed by atoms with E-state index >= 15 is 0 Å². The van der Waals surface area contributed by atoms with Crippen LogP contribution in [0.25, 0.3) is 0 Å². The largest absolute Gasteiger partial charge is 0.482 e. The van der Waals surface area contributed by atoms with Gasteiger partial charge in [-0.1, -0.05) is 30.7 Å². The molecule has 0 spiro atoms. The lowest BCUT2D eigenvalue weighted by atomic mass is 10.2. The molecule has 0 aliphatic rings. The number of benzene rings is 1. The van der Waals surface area contributed by atoms with Gasteiger partial charge < -0.3 is 14.5 Å². The third-order valence-electron chi connectivity index (χ3n) is 2.52. The second-order valence-electron chi connectivity index (χ2n) is 4.01. The van der Waals surface area contributed by atoms with Crippen molar-refractivity contribution in [2.24, 2.45) is 0 Å². The summed E-state index contributed by atoms with van der Waals surface area (Å²) in [5, 5.41) is 11.5. The molecular weight excluding hydrogens is 266 g/mol. The molecule has 102 valence electrons. The van der Waals surface area contributed by atoms with E-state index in [-0.39, 0.29) is 6.61 Å². The summed E-state index contributed by atoms with van der Waals surface area (Å²) < 4.78 is 11.0. The first-order valence-corrected chi connectivity index (χ1v) is 6.48. The van der Waals surface area contributed by atoms with E-state index in [9.17, 15) is 0 Å². The summed E-state index contributed by atoms with van der Waals surface area (Å²) in [6.45, 7) is 5.59. The van der Waals surface area contributed by atoms with Crippen molar-refractivity contribution in [2.75, 3.05) is 6.54 Å². The van der Waals surface area contributed by atoms with Crippen molar-refractivity contribution in [3.05, 3.63) is 40.6 Å². The highest BCUT2D eigenvalue weighted by atomic mass is 35.5. The number of aryl methyl sites for hydroxylation is 1. The lowest BCUT2D eigenvalue weighted by Crippen LogP contribution is -2.13. The third-order valence-corrected chi connectivity index (χ3v) is 2.82. The SMILES string of the molecule is CCNCc1cccc(Cl)c1OCc1nnc(C)o1. The molecular formula is C13H16ClN3O2. The number of rotatable bonds is 6. The van der Waals surface area contributed by atoms with Gasteiger partial charge in [0.25, 0.3) is 5.89 Å². The predicted octanol–water partition coefficient (Wildman–Crippen LogP) is 2.72. The van der Waals surface area contributed by atoms with Crippen LogP contribution in [0.4, 0.5) is 0 Å². The molecule has 0 amide bonds. The molecule has 0 unspecified atom stereocenters. The number of hydrogen-bond donors (Lipinski definition) is 1. The molecule has 2 aromatic rings. The van der Waals surface area contributed by atoms with Gasteiger partial charge in [0, 0.05) is 19.0 Å². The lowest BCUT2D eigenvalue weighted by Gasteiger charge is -2.12. The Kier molecular flexibility index (Phi) is 4.76. The molecule has 1 aromatic carbocycles. The molecule has 0 atom stereocenters. The van der Waals surface area contributed by atoms with Crippen molar-refractivity contribution >= 4 is 11.6 Å². The maximum atomic E-state index is 6.16. The van der Waals surface area contributed by atoms with Gasteiger partial charge >= 0.3 is 0 Å². The zero-order valence-corrected chi connectivity index (χ0v) is 11.7. The van der Waals surface area contributed by atoms with Gasteiger partial charge in [-0.25, -0.2) is 0 Å². The fraction of sp³-hybridized carbons (Fsp3) is 0.385. The van der Waals surface area contributed by atoms with Gasteiger partial charge in [0.15, 0.2) is 6.61 Å². The van der Waals surface area contributed by atoms with E-state index in [1.54, 1.807) is 13.0 Å². The first-order chi connectivity index (χ1) is 9.20. The summed E-state index contributed by atoms with van der Waals surface area (Å²) in [4.78, 5) is 0. The Bertz CT molecular complexity index is 542. The van der Waals surface area contributed by atoms with E-state index < -0.39 is 0 Å². The Morgan fingerprint density at radius 3 is 2.89 bits per heavy atom. The topological polar surface area (TPSA) is 60.2 Å². The fourth-order valence-corrected chi connectivity index (χ4v) is 1.89. The number of ether oxygens (including phenoxy) is 1. The first-order valence-electron chi connectivity index (χ1n) is 6.10. The molecule has 5 nitrogen and oxygen atoms in total. The average molecular weight is 282 g/mol. The van der Waals surface area contributed by atoms with Crippen LogP contribution in [0, 0.1) is 6.92 Å². The number of hydrogen-bond acceptors (Lipinski definition) is 5. The normalized spacial score (nSPS) is 10.7. The van der Waals surface area contributed by atoms with Crippen LogP contribution in [-0.4, -0.2) is 16.7 Å². The highest BCUT2D eigenvalue weighted by molar-refractivity contribution is 6.32. The highest BCUT2D eigenvalue weighted by Gasteiger charge is 2.10. The number of nitrogens with zero attached hydrogens (tertiary/aromatic N) is 2. The van der Waals surface area contributed by atoms with Gasteiger partial charge in [-0.3, -0.25) is 0 Å². The Balaban J connectivity index is 2.09. The van der Waals surface area contributed by atoms with Crippen molar-refractivity contribution in [1.29, 1.82) is 0 Å². The molecule has 2 rings (SSSR count). The van der Waals surface area contributed by atoms with Gasteiger partial charge in [-0.2, -0.15) is 0 Å². The summed E-state index contributed by atoms with van der Waals surface area (Å²) in [7, 11) is 0. The van der Waals surface area contributed by atoms with Crippen molar-refractivity contribution in [1.82, 2.24) is 15.5 Å². The molecule has 0 saturated carbocycles. The molecule has 0 saturated heterocycles. The Morgan fingerprint density at radius 1 is 1.37 bits per heavy atom. The smallest absolute Gasteiger partial charge is 0.253 e. The van der Waals surface area contributed by atoms with Gasteiger partial charge in [0.2, 0.25) is 5.89 Å². The maximum absolute atomic E-state index is 6.16. The van der Waals surface area contributed by atoms with E-state index in [0.29, 0.717) is 29.1 Å². The minimum Gasteiger partial charge on any atom is -0.482 e. The number of nitrogens with one attached hydrogen (secondary N) is 1. The van der Waals surface area contributed by atoms with Crippen molar-refractivity contribution < 1.29 is 9.15 Å². The quantitative estimate of drug-likeness (QED) is 0.882. The van der Waals surface area contributed by atoms with Crippen LogP contribution in [0.2, 0.25) is 5.02 Å². The predicted molar refractivity (Wildman–Crippen MR) is 72.2 cm³/mol. The van der Waals surface area contributed by atoms with Crippen LogP contribution in [0.3, 0.4) is 0 Å². The van der Waals surface area contributed by atoms with Crippen LogP contribution in [-0.2, 0) is 13.2 Å². The molecule has 19 heavy (non-hydrogen) atoms. The second kappa shape index (κ2) is 6.54. The highest BCUT2D eigenvalue weighted by Crippen LogP contribution is 2.29. The molecule has 1 heterocycles. The maximum Gasteiger partial charge on any atom is 0.253 e. The summed E-state index contributed by atoms with van der Waals surface area (Å²) in [6.07, 6.45) is 0. The van der Waals surface area contributed by atoms with Crippen LogP contribution in [0.1, 0.15) is 24.3 Å². The summed E-state index contributed by atoms with van der Waals surface area (Å²) in [5.41, 5.74) is 1.01. The summed E-state index contributed by atoms with van der Waals surface area (Å²) in [5.74, 6) is 1.61. The van der Waals surface area contributed by atoms with Gasteiger partial charge in [-0.05, 0) is 12.6 Å². The average Bonchev–Trinajstić information content (AvgIpc) is 2.81. The second-order valence-corrected chi connectivity index (χ2v) is 4.42. The van der Waals surface area contributed by atoms with Gasteiger partial charge in [0.1, 0.15) is 5.75 Å². The van der Waals surface area contributed by atoms with Crippen LogP contribution < -0.4 is 10.1 Å². The van der Waals surface area contributed by atoms with E-state index in [0.717, 1.165) is 12.1 Å². The molecule has 0 fully saturated rings. The van der Waals surface area contributed by atoms with Crippen molar-refractivity contribution in [3.63, 3.8) is 0 Å². The minimum atomic E-state index is 0.212. The molecule has 0 aliphatic heterocycles. The Morgan fingerprint density at radius 2 is 2.21 bits per heavy atom. The standard InChI is InChI=1S/C13H16ClN3O2/c1-3-15-7-10-5-4-6-11(14)13(10)18-8-12-17-16-9(2)19-12/h4-6,15H,3,7-8H2,1-2H3. The van der Waals surface area contributed by atoms with Crippen LogP contribution >= 0.6 is 11.6 Å². The van der Waals surface area contributed by atoms with E-state index in [2.05, 4.69) is 15.5 Å². The molecule has 0 radical (unpaired) electrons. The first kappa shape index (κ1) is 13.8. The molecule has 6 heteroatoms. The number of para-hydroxylation sites is 1. The summed E-state index contributed by atoms with van der Waals surface area (Å²) >= 11 is 6.16. The zero-order valence-electron chi connectivity index (χ0n) is 10.9. The van der Waals surface area contributed by atoms with Gasteiger partial charge in [0.05, 0.1) is 5.02 Å². The van der Waals surface area contributed by atoms with Crippen molar-refractivity contribution in [3.8, 4) is 5.75 Å². The lowest BCUT2D eigenvalue weighted by molar-refractivity contribution is 0.258.